The van der Waals surface area contributed by atoms with E-state index in [2.05, 4.69) is 13.1 Å². The summed E-state index contributed by atoms with van der Waals surface area (Å²) < 4.78 is 51.6. The molecule has 2 unspecified atom stereocenters. The number of H-pyrrole nitrogens is 1. The molecule has 1 aliphatic heterocycles. The molecular formula is C12H20N3NaO14P3+. The quantitative estimate of drug-likeness (QED) is 0.108. The average molecular weight is 546 g/mol. The molecule has 0 aliphatic carbocycles. The number of aromatic amines is 1. The van der Waals surface area contributed by atoms with Crippen LogP contribution in [-0.4, -0.2) is 59.6 Å². The monoisotopic (exact) mass is 546 g/mol. The summed E-state index contributed by atoms with van der Waals surface area (Å²) in [7, 11) is -16.7. The second-order valence-corrected chi connectivity index (χ2v) is 10.6. The van der Waals surface area contributed by atoms with Crippen LogP contribution in [0.3, 0.4) is 0 Å². The van der Waals surface area contributed by atoms with Gasteiger partial charge in [-0.25, -0.2) is 18.5 Å². The molecule has 0 radical (unpaired) electrons. The van der Waals surface area contributed by atoms with Crippen molar-refractivity contribution < 1.29 is 85.8 Å². The molecule has 0 bridgehead atoms. The molecular weight excluding hydrogens is 526 g/mol. The van der Waals surface area contributed by atoms with Crippen LogP contribution in [0.4, 0.5) is 0 Å². The Labute approximate surface area is 206 Å². The van der Waals surface area contributed by atoms with Gasteiger partial charge in [0.15, 0.2) is 0 Å². The fourth-order valence-corrected chi connectivity index (χ4v) is 5.57. The molecule has 1 aliphatic rings. The van der Waals surface area contributed by atoms with E-state index in [0.717, 1.165) is 10.8 Å². The van der Waals surface area contributed by atoms with E-state index in [1.165, 1.54) is 12.2 Å². The summed E-state index contributed by atoms with van der Waals surface area (Å²) in [6.45, 7) is -0.778. The van der Waals surface area contributed by atoms with E-state index >= 15 is 0 Å². The smallest absolute Gasteiger partial charge is 0.390 e. The topological polar surface area (TPSA) is 270 Å². The zero-order valence-corrected chi connectivity index (χ0v) is 21.5. The summed E-state index contributed by atoms with van der Waals surface area (Å²) in [6.07, 6.45) is -0.0802. The minimum Gasteiger partial charge on any atom is -0.390 e. The van der Waals surface area contributed by atoms with Gasteiger partial charge in [-0.1, -0.05) is 12.2 Å². The standard InChI is InChI=1S/C12H20N3O14P3.Na/c13-3-1-2-7-5-15(12(18)14-11(7)17)10-4-8(16)9(27-10)6-26-31(22,23)29-32(24,25)28-30(19,20)21;/h1-2,5,8-10,16H,3-4,6,13H2,(H,22,23)(H,24,25)(H,14,17,18)(H2,19,20,21);/q;+1/b2-1-;/t8-,9+,10+;/m0./s1. The van der Waals surface area contributed by atoms with E-state index in [1.54, 1.807) is 0 Å². The molecule has 0 aromatic carbocycles. The number of hydrogen-bond acceptors (Lipinski definition) is 11. The van der Waals surface area contributed by atoms with E-state index < -0.39 is 59.8 Å². The number of ether oxygens (including phenoxy) is 1. The molecule has 182 valence electrons. The van der Waals surface area contributed by atoms with Crippen LogP contribution in [0.25, 0.3) is 6.08 Å². The Morgan fingerprint density at radius 2 is 1.82 bits per heavy atom. The van der Waals surface area contributed by atoms with Crippen molar-refractivity contribution in [2.45, 2.75) is 24.9 Å². The van der Waals surface area contributed by atoms with Crippen LogP contribution in [-0.2, 0) is 31.6 Å². The number of hydrogen-bond donors (Lipinski definition) is 7. The zero-order valence-electron chi connectivity index (χ0n) is 16.9. The molecule has 8 N–H and O–H groups in total. The molecule has 5 atom stereocenters. The Morgan fingerprint density at radius 3 is 2.39 bits per heavy atom. The maximum absolute atomic E-state index is 12.1. The Kier molecular flexibility index (Phi) is 11.3. The third-order valence-electron chi connectivity index (χ3n) is 3.76. The maximum atomic E-state index is 12.1. The van der Waals surface area contributed by atoms with Gasteiger partial charge in [-0.2, -0.15) is 8.62 Å². The molecule has 1 fully saturated rings. The molecule has 0 saturated carbocycles. The van der Waals surface area contributed by atoms with Gasteiger partial charge in [0, 0.05) is 19.2 Å². The number of nitrogens with one attached hydrogen (secondary N) is 1. The first kappa shape index (κ1) is 30.7. The third kappa shape index (κ3) is 9.70. The average Bonchev–Trinajstić information content (AvgIpc) is 2.97. The first-order chi connectivity index (χ1) is 14.6. The summed E-state index contributed by atoms with van der Waals surface area (Å²) in [5.41, 5.74) is 3.81. The van der Waals surface area contributed by atoms with Crippen molar-refractivity contribution in [2.75, 3.05) is 13.2 Å². The predicted octanol–water partition coefficient (Wildman–Crippen LogP) is -4.50. The Hall–Kier alpha value is -0.290. The normalized spacial score (nSPS) is 24.8. The number of aromatic nitrogens is 2. The van der Waals surface area contributed by atoms with E-state index in [4.69, 9.17) is 25.2 Å². The molecule has 0 spiro atoms. The minimum absolute atomic E-state index is 0. The Balaban J connectivity index is 0.00000544. The fraction of sp³-hybridized carbons (Fsp3) is 0.500. The van der Waals surface area contributed by atoms with Gasteiger partial charge in [0.2, 0.25) is 0 Å². The number of nitrogens with two attached hydrogens (primary N) is 1. The van der Waals surface area contributed by atoms with Crippen molar-refractivity contribution in [3.05, 3.63) is 38.7 Å². The van der Waals surface area contributed by atoms with Crippen molar-refractivity contribution >= 4 is 29.5 Å². The molecule has 1 aromatic heterocycles. The number of nitrogens with zero attached hydrogens (tertiary/aromatic N) is 1. The molecule has 33 heavy (non-hydrogen) atoms. The van der Waals surface area contributed by atoms with Crippen LogP contribution in [0.2, 0.25) is 0 Å². The van der Waals surface area contributed by atoms with Crippen LogP contribution in [0.1, 0.15) is 18.2 Å². The van der Waals surface area contributed by atoms with Crippen LogP contribution in [0, 0.1) is 0 Å². The first-order valence-electron chi connectivity index (χ1n) is 8.46. The number of phosphoric ester groups is 1. The fourth-order valence-electron chi connectivity index (χ4n) is 2.54. The Morgan fingerprint density at radius 1 is 1.18 bits per heavy atom. The van der Waals surface area contributed by atoms with Gasteiger partial charge in [-0.3, -0.25) is 18.9 Å². The van der Waals surface area contributed by atoms with E-state index in [-0.39, 0.29) is 48.1 Å². The summed E-state index contributed by atoms with van der Waals surface area (Å²) in [5, 5.41) is 10.1. The molecule has 2 heterocycles. The second-order valence-electron chi connectivity index (χ2n) is 6.21. The van der Waals surface area contributed by atoms with E-state index in [1.807, 2.05) is 4.98 Å². The molecule has 1 aromatic rings. The molecule has 2 rings (SSSR count). The molecule has 21 heteroatoms. The van der Waals surface area contributed by atoms with Crippen molar-refractivity contribution in [1.29, 1.82) is 0 Å². The van der Waals surface area contributed by atoms with Crippen LogP contribution >= 0.6 is 23.5 Å². The van der Waals surface area contributed by atoms with Crippen LogP contribution in [0.15, 0.2) is 21.9 Å². The van der Waals surface area contributed by atoms with Gasteiger partial charge in [-0.05, 0) is 0 Å². The first-order valence-corrected chi connectivity index (χ1v) is 13.0. The molecule has 1 saturated heterocycles. The minimum atomic E-state index is -5.70. The van der Waals surface area contributed by atoms with Gasteiger partial charge in [0.1, 0.15) is 12.3 Å². The third-order valence-corrected chi connectivity index (χ3v) is 7.56. The maximum Gasteiger partial charge on any atom is 1.00 e. The predicted molar refractivity (Wildman–Crippen MR) is 104 cm³/mol. The van der Waals surface area contributed by atoms with Crippen LogP contribution < -0.4 is 46.5 Å². The van der Waals surface area contributed by atoms with Gasteiger partial charge in [-0.15, -0.1) is 0 Å². The zero-order chi connectivity index (χ0) is 24.3. The summed E-state index contributed by atoms with van der Waals surface area (Å²) in [4.78, 5) is 61.5. The largest absolute Gasteiger partial charge is 1.00 e. The Bertz CT molecular complexity index is 1110. The molecule has 0 amide bonds. The van der Waals surface area contributed by atoms with E-state index in [0.29, 0.717) is 0 Å². The SMILES string of the molecule is NC/C=C\c1cn([C@H]2C[C@H](O)[C@@H](COP(=O)(O)OP(=O)(O)OP(=O)(O)O)O2)c(=O)[nH]c1=O.[Na+]. The van der Waals surface area contributed by atoms with Crippen molar-refractivity contribution in [3.63, 3.8) is 0 Å². The van der Waals surface area contributed by atoms with Gasteiger partial charge in [0.25, 0.3) is 5.56 Å². The van der Waals surface area contributed by atoms with Crippen molar-refractivity contribution in [3.8, 4) is 0 Å². The summed E-state index contributed by atoms with van der Waals surface area (Å²) in [5.74, 6) is 0. The van der Waals surface area contributed by atoms with Crippen molar-refractivity contribution in [1.82, 2.24) is 9.55 Å². The number of rotatable bonds is 10. The number of aliphatic hydroxyl groups excluding tert-OH is 1. The summed E-state index contributed by atoms with van der Waals surface area (Å²) >= 11 is 0. The van der Waals surface area contributed by atoms with Gasteiger partial charge >= 0.3 is 58.7 Å². The van der Waals surface area contributed by atoms with Gasteiger partial charge < -0.3 is 35.2 Å². The second kappa shape index (κ2) is 12.1. The summed E-state index contributed by atoms with van der Waals surface area (Å²) in [6, 6.07) is 0. The van der Waals surface area contributed by atoms with Gasteiger partial charge in [0.05, 0.1) is 18.3 Å². The van der Waals surface area contributed by atoms with Crippen LogP contribution in [0.5, 0.6) is 0 Å². The number of phosphoric acid groups is 3. The molecule has 17 nitrogen and oxygen atoms in total. The van der Waals surface area contributed by atoms with Crippen molar-refractivity contribution in [2.24, 2.45) is 5.73 Å². The van der Waals surface area contributed by atoms with E-state index in [9.17, 15) is 33.3 Å². The number of aliphatic hydroxyl groups is 1.